The standard InChI is InChI=1S/C16H16N4O/c17-9-12-4-6-13(7-5-12)10-18-16(21)14-11-19-20-8-2-1-3-15(14)20/h1-8,11H,9-10,17H2,(H,18,21). The highest BCUT2D eigenvalue weighted by Crippen LogP contribution is 2.10. The van der Waals surface area contributed by atoms with E-state index in [0.29, 0.717) is 18.7 Å². The Kier molecular flexibility index (Phi) is 3.66. The summed E-state index contributed by atoms with van der Waals surface area (Å²) in [6, 6.07) is 13.5. The number of aromatic nitrogens is 2. The lowest BCUT2D eigenvalue weighted by molar-refractivity contribution is 0.0952. The Morgan fingerprint density at radius 3 is 2.67 bits per heavy atom. The molecule has 0 aliphatic rings. The van der Waals surface area contributed by atoms with Gasteiger partial charge in [-0.3, -0.25) is 4.79 Å². The van der Waals surface area contributed by atoms with E-state index in [1.165, 1.54) is 0 Å². The van der Waals surface area contributed by atoms with Crippen LogP contribution in [0, 0.1) is 0 Å². The maximum atomic E-state index is 12.2. The van der Waals surface area contributed by atoms with Crippen LogP contribution in [0.1, 0.15) is 21.5 Å². The first-order valence-corrected chi connectivity index (χ1v) is 6.76. The molecule has 0 fully saturated rings. The van der Waals surface area contributed by atoms with E-state index < -0.39 is 0 Å². The third-order valence-electron chi connectivity index (χ3n) is 3.38. The van der Waals surface area contributed by atoms with Crippen molar-refractivity contribution in [2.75, 3.05) is 0 Å². The molecule has 0 spiro atoms. The predicted octanol–water partition coefficient (Wildman–Crippen LogP) is 1.72. The Morgan fingerprint density at radius 2 is 1.90 bits per heavy atom. The number of nitrogens with one attached hydrogen (secondary N) is 1. The minimum absolute atomic E-state index is 0.126. The van der Waals surface area contributed by atoms with Gasteiger partial charge in [-0.25, -0.2) is 4.52 Å². The highest BCUT2D eigenvalue weighted by Gasteiger charge is 2.11. The van der Waals surface area contributed by atoms with E-state index >= 15 is 0 Å². The lowest BCUT2D eigenvalue weighted by atomic mass is 10.1. The molecule has 0 radical (unpaired) electrons. The van der Waals surface area contributed by atoms with Crippen LogP contribution in [0.5, 0.6) is 0 Å². The zero-order valence-electron chi connectivity index (χ0n) is 11.5. The quantitative estimate of drug-likeness (QED) is 0.764. The van der Waals surface area contributed by atoms with Gasteiger partial charge >= 0.3 is 0 Å². The monoisotopic (exact) mass is 280 g/mol. The van der Waals surface area contributed by atoms with Crippen molar-refractivity contribution in [3.05, 3.63) is 71.5 Å². The van der Waals surface area contributed by atoms with E-state index in [9.17, 15) is 4.79 Å². The molecule has 2 heterocycles. The van der Waals surface area contributed by atoms with Gasteiger partial charge in [-0.1, -0.05) is 30.3 Å². The summed E-state index contributed by atoms with van der Waals surface area (Å²) in [6.45, 7) is 1.00. The van der Waals surface area contributed by atoms with E-state index in [0.717, 1.165) is 16.6 Å². The van der Waals surface area contributed by atoms with Gasteiger partial charge in [-0.05, 0) is 23.3 Å². The van der Waals surface area contributed by atoms with Gasteiger partial charge in [0.05, 0.1) is 17.3 Å². The third-order valence-corrected chi connectivity index (χ3v) is 3.38. The minimum Gasteiger partial charge on any atom is -0.348 e. The average Bonchev–Trinajstić information content (AvgIpc) is 2.97. The summed E-state index contributed by atoms with van der Waals surface area (Å²) in [5.74, 6) is -0.126. The summed E-state index contributed by atoms with van der Waals surface area (Å²) >= 11 is 0. The Bertz CT molecular complexity index is 761. The highest BCUT2D eigenvalue weighted by atomic mass is 16.1. The number of carbonyl (C=O) groups excluding carboxylic acids is 1. The van der Waals surface area contributed by atoms with Gasteiger partial charge in [0.2, 0.25) is 0 Å². The number of carbonyl (C=O) groups is 1. The molecule has 1 amide bonds. The van der Waals surface area contributed by atoms with Gasteiger partial charge in [-0.15, -0.1) is 0 Å². The molecular formula is C16H16N4O. The molecule has 5 heteroatoms. The summed E-state index contributed by atoms with van der Waals surface area (Å²) in [4.78, 5) is 12.2. The summed E-state index contributed by atoms with van der Waals surface area (Å²) < 4.78 is 1.69. The Morgan fingerprint density at radius 1 is 1.14 bits per heavy atom. The first-order valence-electron chi connectivity index (χ1n) is 6.76. The van der Waals surface area contributed by atoms with Gasteiger partial charge in [-0.2, -0.15) is 5.10 Å². The minimum atomic E-state index is -0.126. The van der Waals surface area contributed by atoms with Crippen LogP contribution in [0.15, 0.2) is 54.9 Å². The molecule has 0 bridgehead atoms. The zero-order chi connectivity index (χ0) is 14.7. The van der Waals surface area contributed by atoms with Crippen molar-refractivity contribution in [1.29, 1.82) is 0 Å². The van der Waals surface area contributed by atoms with Crippen LogP contribution in [0.2, 0.25) is 0 Å². The SMILES string of the molecule is NCc1ccc(CNC(=O)c2cnn3ccccc23)cc1. The fourth-order valence-electron chi connectivity index (χ4n) is 2.18. The van der Waals surface area contributed by atoms with Crippen LogP contribution in [-0.4, -0.2) is 15.5 Å². The number of amides is 1. The van der Waals surface area contributed by atoms with E-state index in [-0.39, 0.29) is 5.91 Å². The number of nitrogens with two attached hydrogens (primary N) is 1. The lowest BCUT2D eigenvalue weighted by Crippen LogP contribution is -2.22. The number of pyridine rings is 1. The first-order chi connectivity index (χ1) is 10.3. The number of hydrogen-bond donors (Lipinski definition) is 2. The number of benzene rings is 1. The van der Waals surface area contributed by atoms with Gasteiger partial charge in [0.15, 0.2) is 0 Å². The summed E-state index contributed by atoms with van der Waals surface area (Å²) in [7, 11) is 0. The molecule has 0 saturated carbocycles. The molecule has 21 heavy (non-hydrogen) atoms. The van der Waals surface area contributed by atoms with E-state index in [4.69, 9.17) is 5.73 Å². The van der Waals surface area contributed by atoms with Crippen molar-refractivity contribution in [2.45, 2.75) is 13.1 Å². The van der Waals surface area contributed by atoms with Crippen molar-refractivity contribution in [3.63, 3.8) is 0 Å². The molecule has 3 rings (SSSR count). The molecule has 0 saturated heterocycles. The normalized spacial score (nSPS) is 10.7. The Balaban J connectivity index is 1.71. The molecule has 0 atom stereocenters. The second-order valence-electron chi connectivity index (χ2n) is 4.79. The smallest absolute Gasteiger partial charge is 0.255 e. The maximum Gasteiger partial charge on any atom is 0.255 e. The fraction of sp³-hybridized carbons (Fsp3) is 0.125. The number of rotatable bonds is 4. The van der Waals surface area contributed by atoms with E-state index in [1.54, 1.807) is 10.7 Å². The molecule has 106 valence electrons. The third kappa shape index (κ3) is 2.78. The Hall–Kier alpha value is -2.66. The molecule has 3 aromatic rings. The van der Waals surface area contributed by atoms with Gasteiger partial charge in [0.25, 0.3) is 5.91 Å². The van der Waals surface area contributed by atoms with Crippen LogP contribution in [0.4, 0.5) is 0 Å². The largest absolute Gasteiger partial charge is 0.348 e. The topological polar surface area (TPSA) is 72.4 Å². The molecule has 0 aliphatic heterocycles. The predicted molar refractivity (Wildman–Crippen MR) is 80.7 cm³/mol. The molecule has 0 aliphatic carbocycles. The summed E-state index contributed by atoms with van der Waals surface area (Å²) in [5, 5.41) is 7.07. The van der Waals surface area contributed by atoms with Crippen molar-refractivity contribution < 1.29 is 4.79 Å². The zero-order valence-corrected chi connectivity index (χ0v) is 11.5. The van der Waals surface area contributed by atoms with Crippen LogP contribution >= 0.6 is 0 Å². The Labute approximate surface area is 122 Å². The highest BCUT2D eigenvalue weighted by molar-refractivity contribution is 6.00. The van der Waals surface area contributed by atoms with Crippen molar-refractivity contribution >= 4 is 11.4 Å². The van der Waals surface area contributed by atoms with Crippen LogP contribution < -0.4 is 11.1 Å². The first kappa shape index (κ1) is 13.3. The molecule has 1 aromatic carbocycles. The van der Waals surface area contributed by atoms with Gasteiger partial charge in [0, 0.05) is 19.3 Å². The molecule has 3 N–H and O–H groups in total. The summed E-state index contributed by atoms with van der Waals surface area (Å²) in [5.41, 5.74) is 9.05. The van der Waals surface area contributed by atoms with Crippen LogP contribution in [0.3, 0.4) is 0 Å². The lowest BCUT2D eigenvalue weighted by Gasteiger charge is -2.05. The maximum absolute atomic E-state index is 12.2. The molecule has 0 unspecified atom stereocenters. The van der Waals surface area contributed by atoms with Gasteiger partial charge < -0.3 is 11.1 Å². The molecular weight excluding hydrogens is 264 g/mol. The van der Waals surface area contributed by atoms with Gasteiger partial charge in [0.1, 0.15) is 0 Å². The summed E-state index contributed by atoms with van der Waals surface area (Å²) in [6.07, 6.45) is 3.40. The van der Waals surface area contributed by atoms with Crippen LogP contribution in [-0.2, 0) is 13.1 Å². The van der Waals surface area contributed by atoms with Crippen molar-refractivity contribution in [2.24, 2.45) is 5.73 Å². The van der Waals surface area contributed by atoms with Crippen molar-refractivity contribution in [3.8, 4) is 0 Å². The van der Waals surface area contributed by atoms with Crippen LogP contribution in [0.25, 0.3) is 5.52 Å². The van der Waals surface area contributed by atoms with E-state index in [1.807, 2.05) is 48.7 Å². The van der Waals surface area contributed by atoms with Crippen molar-refractivity contribution in [1.82, 2.24) is 14.9 Å². The molecule has 2 aromatic heterocycles. The second-order valence-corrected chi connectivity index (χ2v) is 4.79. The number of fused-ring (bicyclic) bond motifs is 1. The van der Waals surface area contributed by atoms with E-state index in [2.05, 4.69) is 10.4 Å². The number of hydrogen-bond acceptors (Lipinski definition) is 3. The number of nitrogens with zero attached hydrogens (tertiary/aromatic N) is 2. The molecule has 5 nitrogen and oxygen atoms in total. The fourth-order valence-corrected chi connectivity index (χ4v) is 2.18. The average molecular weight is 280 g/mol. The second kappa shape index (κ2) is 5.76.